The molecule has 0 saturated carbocycles. The van der Waals surface area contributed by atoms with Crippen molar-refractivity contribution in [2.24, 2.45) is 11.3 Å². The minimum Gasteiger partial charge on any atom is -0.467 e. The SMILES string of the molecule is CC(C)(C)C(=O)N1CCCC(C(=O)Nc2nc3cc(C(F)(F)F)ccc3n2Cc2ccco2)C1. The van der Waals surface area contributed by atoms with E-state index in [0.29, 0.717) is 37.2 Å². The van der Waals surface area contributed by atoms with E-state index in [4.69, 9.17) is 4.42 Å². The number of carbonyl (C=O) groups is 2. The van der Waals surface area contributed by atoms with Crippen molar-refractivity contribution in [3.05, 3.63) is 47.9 Å². The van der Waals surface area contributed by atoms with Crippen LogP contribution in [0.3, 0.4) is 0 Å². The Kier molecular flexibility index (Phi) is 6.18. The van der Waals surface area contributed by atoms with Crippen molar-refractivity contribution in [1.29, 1.82) is 0 Å². The molecular formula is C24H27F3N4O3. The second-order valence-electron chi connectivity index (χ2n) is 9.63. The summed E-state index contributed by atoms with van der Waals surface area (Å²) in [5.74, 6) is -0.0832. The number of rotatable bonds is 4. The molecule has 1 aliphatic rings. The summed E-state index contributed by atoms with van der Waals surface area (Å²) in [6, 6.07) is 6.74. The maximum Gasteiger partial charge on any atom is 0.416 e. The number of carbonyl (C=O) groups excluding carboxylic acids is 2. The number of nitrogens with one attached hydrogen (secondary N) is 1. The monoisotopic (exact) mass is 476 g/mol. The number of alkyl halides is 3. The summed E-state index contributed by atoms with van der Waals surface area (Å²) in [6.45, 7) is 6.58. The van der Waals surface area contributed by atoms with E-state index < -0.39 is 23.1 Å². The van der Waals surface area contributed by atoms with E-state index in [9.17, 15) is 22.8 Å². The van der Waals surface area contributed by atoms with Crippen LogP contribution in [0.15, 0.2) is 41.0 Å². The molecule has 0 spiro atoms. The topological polar surface area (TPSA) is 80.4 Å². The Morgan fingerprint density at radius 2 is 1.97 bits per heavy atom. The summed E-state index contributed by atoms with van der Waals surface area (Å²) in [5, 5.41) is 2.79. The van der Waals surface area contributed by atoms with Crippen LogP contribution in [0.1, 0.15) is 44.9 Å². The Bertz CT molecular complexity index is 1190. The quantitative estimate of drug-likeness (QED) is 0.580. The minimum absolute atomic E-state index is 0.0188. The first kappa shape index (κ1) is 23.8. The molecule has 10 heteroatoms. The van der Waals surface area contributed by atoms with Crippen molar-refractivity contribution in [3.8, 4) is 0 Å². The van der Waals surface area contributed by atoms with E-state index in [0.717, 1.165) is 12.1 Å². The summed E-state index contributed by atoms with van der Waals surface area (Å²) in [6.07, 6.45) is -1.71. The molecule has 182 valence electrons. The third-order valence-electron chi connectivity index (χ3n) is 5.93. The van der Waals surface area contributed by atoms with Crippen LogP contribution in [0.2, 0.25) is 0 Å². The van der Waals surface area contributed by atoms with Gasteiger partial charge in [-0.3, -0.25) is 14.9 Å². The molecule has 1 aliphatic heterocycles. The number of anilines is 1. The van der Waals surface area contributed by atoms with Crippen LogP contribution in [-0.4, -0.2) is 39.4 Å². The van der Waals surface area contributed by atoms with Crippen LogP contribution in [0.5, 0.6) is 0 Å². The molecule has 34 heavy (non-hydrogen) atoms. The Hall–Kier alpha value is -3.30. The van der Waals surface area contributed by atoms with Crippen LogP contribution in [-0.2, 0) is 22.3 Å². The molecule has 1 saturated heterocycles. The molecule has 0 bridgehead atoms. The molecule has 4 rings (SSSR count). The van der Waals surface area contributed by atoms with Crippen LogP contribution in [0.4, 0.5) is 19.1 Å². The van der Waals surface area contributed by atoms with Gasteiger partial charge >= 0.3 is 6.18 Å². The number of nitrogens with zero attached hydrogens (tertiary/aromatic N) is 3. The highest BCUT2D eigenvalue weighted by Crippen LogP contribution is 2.33. The molecule has 1 atom stereocenters. The predicted molar refractivity (Wildman–Crippen MR) is 120 cm³/mol. The molecular weight excluding hydrogens is 449 g/mol. The number of likely N-dealkylation sites (tertiary alicyclic amines) is 1. The normalized spacial score (nSPS) is 17.2. The first-order chi connectivity index (χ1) is 15.9. The van der Waals surface area contributed by atoms with Crippen LogP contribution in [0.25, 0.3) is 11.0 Å². The fourth-order valence-electron chi connectivity index (χ4n) is 4.18. The summed E-state index contributed by atoms with van der Waals surface area (Å²) >= 11 is 0. The minimum atomic E-state index is -4.51. The number of aromatic nitrogens is 2. The predicted octanol–water partition coefficient (Wildman–Crippen LogP) is 4.92. The van der Waals surface area contributed by atoms with Crippen LogP contribution >= 0.6 is 0 Å². The zero-order valence-electron chi connectivity index (χ0n) is 19.3. The lowest BCUT2D eigenvalue weighted by Gasteiger charge is -2.35. The maximum atomic E-state index is 13.2. The standard InChI is InChI=1S/C24H27F3N4O3/c1-23(2,3)21(33)30-10-4-6-15(13-30)20(32)29-22-28-18-12-16(24(25,26)27)8-9-19(18)31(22)14-17-7-5-11-34-17/h5,7-9,11-12,15H,4,6,10,13-14H2,1-3H3,(H,28,29,32). The third kappa shape index (κ3) is 4.95. The molecule has 7 nitrogen and oxygen atoms in total. The van der Waals surface area contributed by atoms with Crippen molar-refractivity contribution in [3.63, 3.8) is 0 Å². The van der Waals surface area contributed by atoms with Crippen LogP contribution in [0, 0.1) is 11.3 Å². The van der Waals surface area contributed by atoms with Gasteiger partial charge in [0.05, 0.1) is 35.3 Å². The fraction of sp³-hybridized carbons (Fsp3) is 0.458. The Labute approximate surface area is 194 Å². The van der Waals surface area contributed by atoms with Gasteiger partial charge in [-0.15, -0.1) is 0 Å². The van der Waals surface area contributed by atoms with Gasteiger partial charge in [0.15, 0.2) is 0 Å². The molecule has 0 aliphatic carbocycles. The molecule has 2 amide bonds. The first-order valence-electron chi connectivity index (χ1n) is 11.1. The van der Waals surface area contributed by atoms with Crippen molar-refractivity contribution in [2.75, 3.05) is 18.4 Å². The van der Waals surface area contributed by atoms with E-state index in [1.807, 2.05) is 20.8 Å². The molecule has 2 aromatic heterocycles. The number of fused-ring (bicyclic) bond motifs is 1. The van der Waals surface area contributed by atoms with E-state index in [1.165, 1.54) is 12.3 Å². The summed E-state index contributed by atoms with van der Waals surface area (Å²) in [7, 11) is 0. The molecule has 1 N–H and O–H groups in total. The summed E-state index contributed by atoms with van der Waals surface area (Å²) in [4.78, 5) is 31.8. The van der Waals surface area contributed by atoms with Gasteiger partial charge in [-0.2, -0.15) is 13.2 Å². The number of furan rings is 1. The molecule has 3 aromatic rings. The fourth-order valence-corrected chi connectivity index (χ4v) is 4.18. The zero-order valence-corrected chi connectivity index (χ0v) is 19.3. The Morgan fingerprint density at radius 3 is 2.62 bits per heavy atom. The zero-order chi connectivity index (χ0) is 24.7. The van der Waals surface area contributed by atoms with Gasteiger partial charge in [0.1, 0.15) is 5.76 Å². The highest BCUT2D eigenvalue weighted by atomic mass is 19.4. The number of piperidine rings is 1. The second kappa shape index (κ2) is 8.81. The molecule has 1 unspecified atom stereocenters. The average molecular weight is 476 g/mol. The largest absolute Gasteiger partial charge is 0.467 e. The van der Waals surface area contributed by atoms with Gasteiger partial charge in [0, 0.05) is 18.5 Å². The van der Waals surface area contributed by atoms with Crippen molar-refractivity contribution in [1.82, 2.24) is 14.5 Å². The Morgan fingerprint density at radius 1 is 1.21 bits per heavy atom. The number of halogens is 3. The van der Waals surface area contributed by atoms with Gasteiger partial charge in [-0.05, 0) is 43.2 Å². The molecule has 3 heterocycles. The lowest BCUT2D eigenvalue weighted by Crippen LogP contribution is -2.47. The highest BCUT2D eigenvalue weighted by Gasteiger charge is 2.34. The van der Waals surface area contributed by atoms with E-state index in [1.54, 1.807) is 21.6 Å². The number of hydrogen-bond acceptors (Lipinski definition) is 4. The van der Waals surface area contributed by atoms with E-state index in [-0.39, 0.29) is 29.8 Å². The van der Waals surface area contributed by atoms with Gasteiger partial charge in [-0.25, -0.2) is 4.98 Å². The summed E-state index contributed by atoms with van der Waals surface area (Å²) < 4.78 is 46.7. The third-order valence-corrected chi connectivity index (χ3v) is 5.93. The Balaban J connectivity index is 1.62. The average Bonchev–Trinajstić information content (AvgIpc) is 3.40. The van der Waals surface area contributed by atoms with E-state index in [2.05, 4.69) is 10.3 Å². The maximum absolute atomic E-state index is 13.2. The van der Waals surface area contributed by atoms with E-state index >= 15 is 0 Å². The number of amides is 2. The van der Waals surface area contributed by atoms with Gasteiger partial charge in [0.2, 0.25) is 17.8 Å². The first-order valence-corrected chi connectivity index (χ1v) is 11.1. The van der Waals surface area contributed by atoms with Gasteiger partial charge < -0.3 is 13.9 Å². The summed E-state index contributed by atoms with van der Waals surface area (Å²) in [5.41, 5.74) is -0.812. The lowest BCUT2D eigenvalue weighted by atomic mass is 9.91. The van der Waals surface area contributed by atoms with Gasteiger partial charge in [0.25, 0.3) is 0 Å². The van der Waals surface area contributed by atoms with Crippen molar-refractivity contribution >= 4 is 28.8 Å². The molecule has 1 fully saturated rings. The molecule has 0 radical (unpaired) electrons. The second-order valence-corrected chi connectivity index (χ2v) is 9.63. The molecule has 1 aromatic carbocycles. The van der Waals surface area contributed by atoms with Crippen molar-refractivity contribution < 1.29 is 27.2 Å². The smallest absolute Gasteiger partial charge is 0.416 e. The van der Waals surface area contributed by atoms with Crippen molar-refractivity contribution in [2.45, 2.75) is 46.3 Å². The lowest BCUT2D eigenvalue weighted by molar-refractivity contribution is -0.142. The number of benzene rings is 1. The number of imidazole rings is 1. The van der Waals surface area contributed by atoms with Crippen LogP contribution < -0.4 is 5.32 Å². The van der Waals surface area contributed by atoms with Gasteiger partial charge in [-0.1, -0.05) is 20.8 Å². The highest BCUT2D eigenvalue weighted by molar-refractivity contribution is 5.94. The number of hydrogen-bond donors (Lipinski definition) is 1.